The van der Waals surface area contributed by atoms with Crippen LogP contribution in [-0.2, 0) is 6.54 Å². The molecule has 0 radical (unpaired) electrons. The zero-order valence-corrected chi connectivity index (χ0v) is 16.1. The molecular formula is C22H23FN4O2. The van der Waals surface area contributed by atoms with Gasteiger partial charge in [-0.25, -0.2) is 4.39 Å². The van der Waals surface area contributed by atoms with Gasteiger partial charge in [0, 0.05) is 6.54 Å². The van der Waals surface area contributed by atoms with Crippen LogP contribution < -0.4 is 22.3 Å². The van der Waals surface area contributed by atoms with Gasteiger partial charge in [0.05, 0.1) is 16.7 Å². The van der Waals surface area contributed by atoms with Gasteiger partial charge in [0.15, 0.2) is 0 Å². The van der Waals surface area contributed by atoms with E-state index in [9.17, 15) is 14.0 Å². The van der Waals surface area contributed by atoms with Crippen molar-refractivity contribution in [1.29, 1.82) is 0 Å². The van der Waals surface area contributed by atoms with E-state index in [0.29, 0.717) is 23.5 Å². The van der Waals surface area contributed by atoms with Gasteiger partial charge in [-0.2, -0.15) is 5.10 Å². The Balaban J connectivity index is 2.06. The molecule has 2 N–H and O–H groups in total. The monoisotopic (exact) mass is 394 g/mol. The summed E-state index contributed by atoms with van der Waals surface area (Å²) in [6, 6.07) is 13.0. The molecule has 6 nitrogen and oxygen atoms in total. The van der Waals surface area contributed by atoms with E-state index < -0.39 is 22.3 Å². The van der Waals surface area contributed by atoms with Crippen LogP contribution >= 0.6 is 0 Å². The SMILES string of the molecule is NN=c1c(=O)n(CCC2CCCC2)c2ccccc2n(-c2ccccc2F)c1=O. The van der Waals surface area contributed by atoms with Crippen LogP contribution in [0.25, 0.3) is 16.7 Å². The van der Waals surface area contributed by atoms with Crippen molar-refractivity contribution >= 4 is 11.0 Å². The van der Waals surface area contributed by atoms with E-state index in [1.807, 2.05) is 0 Å². The fourth-order valence-corrected chi connectivity index (χ4v) is 4.24. The van der Waals surface area contributed by atoms with Crippen molar-refractivity contribution in [3.05, 3.63) is 80.4 Å². The third kappa shape index (κ3) is 3.48. The van der Waals surface area contributed by atoms with E-state index in [1.165, 1.54) is 29.5 Å². The Morgan fingerprint density at radius 3 is 2.31 bits per heavy atom. The Labute approximate surface area is 166 Å². The van der Waals surface area contributed by atoms with Crippen molar-refractivity contribution in [2.24, 2.45) is 16.9 Å². The quantitative estimate of drug-likeness (QED) is 0.546. The highest BCUT2D eigenvalue weighted by Gasteiger charge is 2.18. The molecule has 1 heterocycles. The number of nitrogens with two attached hydrogens (primary N) is 1. The predicted octanol–water partition coefficient (Wildman–Crippen LogP) is 2.65. The molecule has 3 aromatic rings. The van der Waals surface area contributed by atoms with Gasteiger partial charge in [-0.3, -0.25) is 14.2 Å². The summed E-state index contributed by atoms with van der Waals surface area (Å²) in [5, 5.41) is 3.09. The van der Waals surface area contributed by atoms with Crippen LogP contribution in [0.2, 0.25) is 0 Å². The highest BCUT2D eigenvalue weighted by atomic mass is 19.1. The summed E-state index contributed by atoms with van der Waals surface area (Å²) in [6.45, 7) is 0.456. The summed E-state index contributed by atoms with van der Waals surface area (Å²) in [7, 11) is 0. The minimum atomic E-state index is -0.738. The van der Waals surface area contributed by atoms with E-state index in [2.05, 4.69) is 5.10 Å². The van der Waals surface area contributed by atoms with Gasteiger partial charge in [-0.15, -0.1) is 0 Å². The summed E-state index contributed by atoms with van der Waals surface area (Å²) >= 11 is 0. The number of rotatable bonds is 4. The van der Waals surface area contributed by atoms with Crippen molar-refractivity contribution in [2.45, 2.75) is 38.6 Å². The highest BCUT2D eigenvalue weighted by Crippen LogP contribution is 2.28. The van der Waals surface area contributed by atoms with Gasteiger partial charge in [-0.1, -0.05) is 49.9 Å². The van der Waals surface area contributed by atoms with Gasteiger partial charge in [0.2, 0.25) is 5.36 Å². The average molecular weight is 394 g/mol. The van der Waals surface area contributed by atoms with Crippen LogP contribution in [0.3, 0.4) is 0 Å². The average Bonchev–Trinajstić information content (AvgIpc) is 3.22. The van der Waals surface area contributed by atoms with Gasteiger partial charge in [-0.05, 0) is 36.6 Å². The lowest BCUT2D eigenvalue weighted by molar-refractivity contribution is 0.458. The molecule has 0 spiro atoms. The molecular weight excluding hydrogens is 371 g/mol. The molecule has 0 atom stereocenters. The Morgan fingerprint density at radius 2 is 1.62 bits per heavy atom. The standard InChI is InChI=1S/C22H23FN4O2/c23-16-9-3-4-10-17(16)27-19-12-6-5-11-18(19)26(14-13-15-7-1-2-8-15)21(28)20(25-24)22(27)29/h3-6,9-12,15H,1-2,7-8,13-14,24H2. The molecule has 29 heavy (non-hydrogen) atoms. The summed E-state index contributed by atoms with van der Waals surface area (Å²) in [5.41, 5.74) is -0.261. The van der Waals surface area contributed by atoms with E-state index in [0.717, 1.165) is 19.3 Å². The summed E-state index contributed by atoms with van der Waals surface area (Å²) in [4.78, 5) is 26.4. The molecule has 0 saturated heterocycles. The molecule has 4 rings (SSSR count). The molecule has 2 aromatic carbocycles. The van der Waals surface area contributed by atoms with Crippen LogP contribution in [0.5, 0.6) is 0 Å². The third-order valence-corrected chi connectivity index (χ3v) is 5.72. The molecule has 0 bridgehead atoms. The fraction of sp³-hybridized carbons (Fsp3) is 0.318. The second-order valence-corrected chi connectivity index (χ2v) is 7.45. The lowest BCUT2D eigenvalue weighted by Crippen LogP contribution is -2.45. The Kier molecular flexibility index (Phi) is 5.29. The largest absolute Gasteiger partial charge is 0.322 e. The van der Waals surface area contributed by atoms with E-state index >= 15 is 0 Å². The van der Waals surface area contributed by atoms with Crippen LogP contribution in [0, 0.1) is 11.7 Å². The smallest absolute Gasteiger partial charge is 0.289 e. The second kappa shape index (κ2) is 8.03. The number of hydrogen-bond donors (Lipinski definition) is 1. The number of nitrogens with zero attached hydrogens (tertiary/aromatic N) is 3. The normalized spacial score (nSPS) is 15.3. The first-order valence-electron chi connectivity index (χ1n) is 9.89. The maximum absolute atomic E-state index is 14.6. The highest BCUT2D eigenvalue weighted by molar-refractivity contribution is 5.76. The lowest BCUT2D eigenvalue weighted by atomic mass is 10.0. The zero-order chi connectivity index (χ0) is 20.4. The molecule has 7 heteroatoms. The summed E-state index contributed by atoms with van der Waals surface area (Å²) in [5.74, 6) is 5.44. The summed E-state index contributed by atoms with van der Waals surface area (Å²) in [6.07, 6.45) is 5.57. The van der Waals surface area contributed by atoms with E-state index in [-0.39, 0.29) is 5.69 Å². The van der Waals surface area contributed by atoms with Crippen molar-refractivity contribution < 1.29 is 4.39 Å². The maximum Gasteiger partial charge on any atom is 0.289 e. The number of benzene rings is 2. The Morgan fingerprint density at radius 1 is 0.966 bits per heavy atom. The van der Waals surface area contributed by atoms with E-state index in [1.54, 1.807) is 41.0 Å². The first-order chi connectivity index (χ1) is 14.1. The van der Waals surface area contributed by atoms with Crippen LogP contribution in [-0.4, -0.2) is 9.13 Å². The molecule has 1 aliphatic rings. The molecule has 1 fully saturated rings. The number of aryl methyl sites for hydroxylation is 1. The van der Waals surface area contributed by atoms with Crippen LogP contribution in [0.4, 0.5) is 4.39 Å². The van der Waals surface area contributed by atoms with Crippen molar-refractivity contribution in [2.75, 3.05) is 0 Å². The maximum atomic E-state index is 14.6. The van der Waals surface area contributed by atoms with Gasteiger partial charge >= 0.3 is 0 Å². The van der Waals surface area contributed by atoms with Gasteiger partial charge < -0.3 is 10.4 Å². The number of hydrogen-bond acceptors (Lipinski definition) is 4. The second-order valence-electron chi connectivity index (χ2n) is 7.45. The molecule has 0 amide bonds. The third-order valence-electron chi connectivity index (χ3n) is 5.72. The first kappa shape index (κ1) is 19.1. The van der Waals surface area contributed by atoms with Crippen LogP contribution in [0.1, 0.15) is 32.1 Å². The molecule has 150 valence electrons. The van der Waals surface area contributed by atoms with Crippen LogP contribution in [0.15, 0.2) is 63.2 Å². The molecule has 1 saturated carbocycles. The fourth-order valence-electron chi connectivity index (χ4n) is 4.24. The van der Waals surface area contributed by atoms with E-state index in [4.69, 9.17) is 5.84 Å². The van der Waals surface area contributed by atoms with Crippen molar-refractivity contribution in [1.82, 2.24) is 9.13 Å². The topological polar surface area (TPSA) is 82.4 Å². The molecule has 1 aliphatic carbocycles. The Bertz CT molecular complexity index is 1240. The zero-order valence-electron chi connectivity index (χ0n) is 16.1. The molecule has 1 aromatic heterocycles. The van der Waals surface area contributed by atoms with Crippen molar-refractivity contribution in [3.63, 3.8) is 0 Å². The minimum Gasteiger partial charge on any atom is -0.322 e. The number of fused-ring (bicyclic) bond motifs is 1. The number of para-hydroxylation sites is 3. The summed E-state index contributed by atoms with van der Waals surface area (Å²) < 4.78 is 17.3. The minimum absolute atomic E-state index is 0.0524. The predicted molar refractivity (Wildman–Crippen MR) is 110 cm³/mol. The van der Waals surface area contributed by atoms with Gasteiger partial charge in [0.25, 0.3) is 11.1 Å². The first-order valence-corrected chi connectivity index (χ1v) is 9.89. The molecule has 0 unspecified atom stereocenters. The van der Waals surface area contributed by atoms with Gasteiger partial charge in [0.1, 0.15) is 5.82 Å². The van der Waals surface area contributed by atoms with Crippen molar-refractivity contribution in [3.8, 4) is 5.69 Å². The molecule has 0 aliphatic heterocycles. The Hall–Kier alpha value is -3.22. The number of halogens is 1. The lowest BCUT2D eigenvalue weighted by Gasteiger charge is -2.12. The number of aromatic nitrogens is 2.